The van der Waals surface area contributed by atoms with Gasteiger partial charge in [-0.3, -0.25) is 0 Å². The van der Waals surface area contributed by atoms with E-state index in [0.717, 1.165) is 3.93 Å². The molecule has 2 nitrogen and oxygen atoms in total. The first-order valence-electron chi connectivity index (χ1n) is 12.0. The number of aliphatic hydroxyl groups excluding tert-OH is 1. The Kier molecular flexibility index (Phi) is 17.4. The molecule has 0 bridgehead atoms. The topological polar surface area (TPSA) is 29.5 Å². The van der Waals surface area contributed by atoms with Gasteiger partial charge in [-0.15, -0.1) is 0 Å². The second-order valence-electron chi connectivity index (χ2n) is 8.78. The van der Waals surface area contributed by atoms with Gasteiger partial charge >= 0.3 is 176 Å². The van der Waals surface area contributed by atoms with Crippen LogP contribution in [-0.4, -0.2) is 35.7 Å². The Morgan fingerprint density at radius 3 is 1.70 bits per heavy atom. The predicted octanol–water partition coefficient (Wildman–Crippen LogP) is 8.09. The van der Waals surface area contributed by atoms with Crippen molar-refractivity contribution >= 4 is 18.4 Å². The Hall–Kier alpha value is 0.299. The van der Waals surface area contributed by atoms with E-state index in [9.17, 15) is 5.11 Å². The second-order valence-corrected chi connectivity index (χ2v) is 23.0. The summed E-state index contributed by atoms with van der Waals surface area (Å²) in [4.78, 5) is 0. The number of rotatable bonds is 18. The number of unbranched alkanes of at least 4 members (excludes halogenated alkanes) is 4. The summed E-state index contributed by atoms with van der Waals surface area (Å²) >= 11 is -2.26. The first-order chi connectivity index (χ1) is 13.0. The van der Waals surface area contributed by atoms with Gasteiger partial charge in [-0.2, -0.15) is 0 Å². The zero-order valence-corrected chi connectivity index (χ0v) is 22.3. The molecule has 1 N–H and O–H groups in total. The van der Waals surface area contributed by atoms with E-state index < -0.39 is 18.4 Å². The van der Waals surface area contributed by atoms with Gasteiger partial charge in [0.2, 0.25) is 0 Å². The van der Waals surface area contributed by atoms with Gasteiger partial charge in [0, 0.05) is 0 Å². The van der Waals surface area contributed by atoms with Crippen molar-refractivity contribution in [2.24, 2.45) is 0 Å². The summed E-state index contributed by atoms with van der Waals surface area (Å²) in [5, 5.41) is 9.57. The zero-order chi connectivity index (χ0) is 20.5. The average Bonchev–Trinajstić information content (AvgIpc) is 2.64. The van der Waals surface area contributed by atoms with Crippen LogP contribution >= 0.6 is 0 Å². The van der Waals surface area contributed by atoms with Crippen molar-refractivity contribution in [2.45, 2.75) is 135 Å². The second kappa shape index (κ2) is 17.2. The van der Waals surface area contributed by atoms with E-state index in [1.165, 1.54) is 57.8 Å². The van der Waals surface area contributed by atoms with Gasteiger partial charge in [0.1, 0.15) is 0 Å². The van der Waals surface area contributed by atoms with E-state index in [2.05, 4.69) is 40.7 Å². The van der Waals surface area contributed by atoms with E-state index in [0.29, 0.717) is 6.42 Å². The summed E-state index contributed by atoms with van der Waals surface area (Å²) in [5.41, 5.74) is 0. The molecule has 0 amide bonds. The number of hydrogen-bond acceptors (Lipinski definition) is 2. The van der Waals surface area contributed by atoms with Gasteiger partial charge in [0.25, 0.3) is 0 Å². The van der Waals surface area contributed by atoms with Crippen molar-refractivity contribution in [2.75, 3.05) is 0 Å². The Morgan fingerprint density at radius 1 is 0.815 bits per heavy atom. The van der Waals surface area contributed by atoms with E-state index in [1.54, 1.807) is 13.3 Å². The molecule has 0 aliphatic heterocycles. The third-order valence-electron chi connectivity index (χ3n) is 6.03. The van der Waals surface area contributed by atoms with Crippen LogP contribution in [0.25, 0.3) is 0 Å². The van der Waals surface area contributed by atoms with Crippen molar-refractivity contribution in [1.29, 1.82) is 0 Å². The third-order valence-corrected chi connectivity index (χ3v) is 23.5. The molecule has 0 radical (unpaired) electrons. The summed E-state index contributed by atoms with van der Waals surface area (Å²) in [6.45, 7) is 13.3. The van der Waals surface area contributed by atoms with Crippen LogP contribution in [0.4, 0.5) is 0 Å². The van der Waals surface area contributed by atoms with E-state index in [-0.39, 0.29) is 12.2 Å². The van der Waals surface area contributed by atoms with Crippen LogP contribution in [0.5, 0.6) is 0 Å². The fourth-order valence-electron chi connectivity index (χ4n) is 4.36. The van der Waals surface area contributed by atoms with Gasteiger partial charge < -0.3 is 0 Å². The molecule has 0 aromatic rings. The molecule has 27 heavy (non-hydrogen) atoms. The normalized spacial score (nSPS) is 15.8. The molecular weight excluding hydrogens is 439 g/mol. The van der Waals surface area contributed by atoms with Crippen LogP contribution in [0.15, 0.2) is 12.3 Å². The molecule has 162 valence electrons. The summed E-state index contributed by atoms with van der Waals surface area (Å²) in [6.07, 6.45) is 17.3. The molecule has 0 rings (SSSR count). The number of aliphatic hydroxyl groups is 1. The molecule has 0 aromatic heterocycles. The average molecular weight is 489 g/mol. The number of ether oxygens (including phenoxy) is 1. The summed E-state index contributed by atoms with van der Waals surface area (Å²) in [5.74, 6) is 0. The van der Waals surface area contributed by atoms with Crippen molar-refractivity contribution < 1.29 is 9.84 Å². The van der Waals surface area contributed by atoms with E-state index >= 15 is 0 Å². The Labute approximate surface area is 175 Å². The number of hydrogen-bond donors (Lipinski definition) is 1. The zero-order valence-electron chi connectivity index (χ0n) is 19.4. The summed E-state index contributed by atoms with van der Waals surface area (Å²) in [6, 6.07) is 0. The maximum absolute atomic E-state index is 9.57. The van der Waals surface area contributed by atoms with Crippen molar-refractivity contribution in [3.05, 3.63) is 12.3 Å². The molecule has 0 aliphatic rings. The van der Waals surface area contributed by atoms with Crippen LogP contribution in [0.1, 0.15) is 106 Å². The van der Waals surface area contributed by atoms with E-state index in [1.807, 2.05) is 13.2 Å². The molecule has 3 atom stereocenters. The minimum absolute atomic E-state index is 0.0969. The van der Waals surface area contributed by atoms with Crippen molar-refractivity contribution in [1.82, 2.24) is 0 Å². The molecule has 0 aromatic carbocycles. The molecule has 3 heteroatoms. The van der Waals surface area contributed by atoms with Crippen LogP contribution in [0.2, 0.25) is 17.2 Å². The van der Waals surface area contributed by atoms with Crippen molar-refractivity contribution in [3.63, 3.8) is 0 Å². The Morgan fingerprint density at radius 2 is 1.30 bits per heavy atom. The van der Waals surface area contributed by atoms with Gasteiger partial charge in [0.05, 0.1) is 0 Å². The van der Waals surface area contributed by atoms with E-state index in [4.69, 9.17) is 4.74 Å². The molecule has 0 fully saturated rings. The first kappa shape index (κ1) is 27.3. The van der Waals surface area contributed by atoms with Gasteiger partial charge in [-0.1, -0.05) is 0 Å². The molecule has 0 saturated carbocycles. The third kappa shape index (κ3) is 12.5. The summed E-state index contributed by atoms with van der Waals surface area (Å²) < 4.78 is 11.5. The fourth-order valence-corrected chi connectivity index (χ4v) is 22.4. The van der Waals surface area contributed by atoms with Crippen LogP contribution < -0.4 is 0 Å². The van der Waals surface area contributed by atoms with Crippen molar-refractivity contribution in [3.8, 4) is 0 Å². The van der Waals surface area contributed by atoms with Crippen LogP contribution in [0, 0.1) is 0 Å². The Balaban J connectivity index is 5.38. The molecule has 0 spiro atoms. The standard InChI is InChI=1S/C12H23O2.3C4H9.Sn/c1-4-5-6-7-8-9-14-12(3)10-11(2)13;3*1-3-4-2;/h7-9,11-13H,4-6,10H2,1-3H3;3*1,3-4H2,2H3;/b9-8+;;;;/t11-,12-;;;;/m1..../s1. The molecule has 1 unspecified atom stereocenters. The molecule has 0 saturated heterocycles. The first-order valence-corrected chi connectivity index (χ1v) is 19.7. The SMILES string of the molecule is CCCC[CH](/C=C/O[C@H](C)C[C@@H](C)O)[Sn]([CH2]CCC)([CH2]CCC)[CH2]CCC. The molecular formula is C24H50O2Sn. The van der Waals surface area contributed by atoms with Crippen LogP contribution in [0.3, 0.4) is 0 Å². The van der Waals surface area contributed by atoms with Gasteiger partial charge in [0.15, 0.2) is 0 Å². The van der Waals surface area contributed by atoms with Crippen LogP contribution in [-0.2, 0) is 4.74 Å². The number of allylic oxidation sites excluding steroid dienone is 1. The quantitative estimate of drug-likeness (QED) is 0.156. The monoisotopic (exact) mass is 490 g/mol. The maximum atomic E-state index is 9.57. The fraction of sp³-hybridized carbons (Fsp3) is 0.917. The van der Waals surface area contributed by atoms with Gasteiger partial charge in [-0.05, 0) is 0 Å². The predicted molar refractivity (Wildman–Crippen MR) is 124 cm³/mol. The Bertz CT molecular complexity index is 333. The minimum atomic E-state index is -2.26. The molecule has 0 heterocycles. The van der Waals surface area contributed by atoms with Gasteiger partial charge in [-0.25, -0.2) is 0 Å². The summed E-state index contributed by atoms with van der Waals surface area (Å²) in [7, 11) is 0. The molecule has 0 aliphatic carbocycles.